The van der Waals surface area contributed by atoms with Crippen molar-refractivity contribution in [2.45, 2.75) is 26.4 Å². The van der Waals surface area contributed by atoms with Crippen LogP contribution in [0.5, 0.6) is 5.75 Å². The van der Waals surface area contributed by atoms with E-state index in [4.69, 9.17) is 14.6 Å². The van der Waals surface area contributed by atoms with E-state index in [2.05, 4.69) is 10.1 Å². The van der Waals surface area contributed by atoms with Crippen molar-refractivity contribution in [1.82, 2.24) is 0 Å². The summed E-state index contributed by atoms with van der Waals surface area (Å²) in [4.78, 5) is 23.3. The molecule has 0 aromatic heterocycles. The topological polar surface area (TPSA) is 94.1 Å². The Bertz CT molecular complexity index is 535. The largest absolute Gasteiger partial charge is 0.489 e. The van der Waals surface area contributed by atoms with Crippen molar-refractivity contribution in [3.63, 3.8) is 0 Å². The highest BCUT2D eigenvalue weighted by atomic mass is 16.6. The van der Waals surface area contributed by atoms with E-state index in [0.717, 1.165) is 0 Å². The molecule has 0 bridgehead atoms. The SMILES string of the molecule is COC(=O)c1ccc(NC(=O)OC(C)(C)C)c(OCCO)c1. The Morgan fingerprint density at radius 2 is 1.95 bits per heavy atom. The van der Waals surface area contributed by atoms with Crippen molar-refractivity contribution in [3.8, 4) is 5.75 Å². The first kappa shape index (κ1) is 17.8. The molecule has 0 spiro atoms. The number of aliphatic hydroxyl groups is 1. The molecule has 0 unspecified atom stereocenters. The highest BCUT2D eigenvalue weighted by Crippen LogP contribution is 2.27. The highest BCUT2D eigenvalue weighted by molar-refractivity contribution is 5.93. The second kappa shape index (κ2) is 7.65. The Labute approximate surface area is 129 Å². The first-order chi connectivity index (χ1) is 10.3. The summed E-state index contributed by atoms with van der Waals surface area (Å²) in [5.41, 5.74) is -0.0390. The molecule has 22 heavy (non-hydrogen) atoms. The molecule has 7 heteroatoms. The molecule has 1 aromatic rings. The number of esters is 1. The lowest BCUT2D eigenvalue weighted by Gasteiger charge is -2.20. The molecule has 0 saturated heterocycles. The number of nitrogens with one attached hydrogen (secondary N) is 1. The number of benzene rings is 1. The van der Waals surface area contributed by atoms with E-state index >= 15 is 0 Å². The van der Waals surface area contributed by atoms with Crippen LogP contribution in [0.2, 0.25) is 0 Å². The van der Waals surface area contributed by atoms with Gasteiger partial charge in [-0.1, -0.05) is 0 Å². The molecule has 0 radical (unpaired) electrons. The summed E-state index contributed by atoms with van der Waals surface area (Å²) in [6, 6.07) is 4.42. The summed E-state index contributed by atoms with van der Waals surface area (Å²) >= 11 is 0. The van der Waals surface area contributed by atoms with Gasteiger partial charge in [0.2, 0.25) is 0 Å². The maximum Gasteiger partial charge on any atom is 0.412 e. The molecular weight excluding hydrogens is 290 g/mol. The van der Waals surface area contributed by atoms with Crippen LogP contribution in [0.25, 0.3) is 0 Å². The summed E-state index contributed by atoms with van der Waals surface area (Å²) in [5.74, 6) is -0.291. The van der Waals surface area contributed by atoms with Crippen molar-refractivity contribution in [2.24, 2.45) is 0 Å². The van der Waals surface area contributed by atoms with Crippen molar-refractivity contribution in [1.29, 1.82) is 0 Å². The van der Waals surface area contributed by atoms with Crippen LogP contribution in [-0.2, 0) is 9.47 Å². The number of ether oxygens (including phenoxy) is 3. The Balaban J connectivity index is 2.97. The molecule has 7 nitrogen and oxygen atoms in total. The predicted octanol–water partition coefficient (Wildman–Crippen LogP) is 2.19. The number of carbonyl (C=O) groups is 2. The summed E-state index contributed by atoms with van der Waals surface area (Å²) < 4.78 is 15.1. The Hall–Kier alpha value is -2.28. The van der Waals surface area contributed by atoms with E-state index in [1.165, 1.54) is 25.3 Å². The third kappa shape index (κ3) is 5.61. The number of methoxy groups -OCH3 is 1. The number of aliphatic hydroxyl groups excluding tert-OH is 1. The molecule has 0 aliphatic heterocycles. The molecule has 0 heterocycles. The first-order valence-corrected chi connectivity index (χ1v) is 6.73. The number of anilines is 1. The average molecular weight is 311 g/mol. The van der Waals surface area contributed by atoms with Crippen LogP contribution < -0.4 is 10.1 Å². The van der Waals surface area contributed by atoms with Crippen LogP contribution in [0.4, 0.5) is 10.5 Å². The van der Waals surface area contributed by atoms with Gasteiger partial charge in [-0.15, -0.1) is 0 Å². The molecule has 0 fully saturated rings. The second-order valence-electron chi connectivity index (χ2n) is 5.40. The second-order valence-corrected chi connectivity index (χ2v) is 5.40. The molecule has 2 N–H and O–H groups in total. The normalized spacial score (nSPS) is 10.8. The van der Waals surface area contributed by atoms with Gasteiger partial charge in [-0.05, 0) is 39.0 Å². The monoisotopic (exact) mass is 311 g/mol. The molecular formula is C15H21NO6. The third-order valence-corrected chi connectivity index (χ3v) is 2.39. The fourth-order valence-corrected chi connectivity index (χ4v) is 1.56. The highest BCUT2D eigenvalue weighted by Gasteiger charge is 2.18. The molecule has 0 saturated carbocycles. The van der Waals surface area contributed by atoms with Gasteiger partial charge in [-0.25, -0.2) is 9.59 Å². The van der Waals surface area contributed by atoms with Gasteiger partial charge in [0.25, 0.3) is 0 Å². The van der Waals surface area contributed by atoms with Gasteiger partial charge in [-0.3, -0.25) is 5.32 Å². The van der Waals surface area contributed by atoms with Crippen molar-refractivity contribution < 1.29 is 28.9 Å². The number of carbonyl (C=O) groups excluding carboxylic acids is 2. The van der Waals surface area contributed by atoms with E-state index < -0.39 is 17.7 Å². The van der Waals surface area contributed by atoms with Gasteiger partial charge in [0.1, 0.15) is 18.0 Å². The first-order valence-electron chi connectivity index (χ1n) is 6.73. The lowest BCUT2D eigenvalue weighted by atomic mass is 10.2. The fourth-order valence-electron chi connectivity index (χ4n) is 1.56. The minimum atomic E-state index is -0.646. The van der Waals surface area contributed by atoms with Crippen LogP contribution in [0.3, 0.4) is 0 Å². The van der Waals surface area contributed by atoms with Crippen LogP contribution >= 0.6 is 0 Å². The molecule has 1 amide bonds. The minimum Gasteiger partial charge on any atom is -0.489 e. The van der Waals surface area contributed by atoms with Crippen LogP contribution in [0.1, 0.15) is 31.1 Å². The van der Waals surface area contributed by atoms with E-state index in [0.29, 0.717) is 5.69 Å². The molecule has 0 atom stereocenters. The van der Waals surface area contributed by atoms with Crippen molar-refractivity contribution in [2.75, 3.05) is 25.6 Å². The van der Waals surface area contributed by atoms with Gasteiger partial charge in [-0.2, -0.15) is 0 Å². The molecule has 1 rings (SSSR count). The number of hydrogen-bond acceptors (Lipinski definition) is 6. The van der Waals surface area contributed by atoms with Gasteiger partial charge >= 0.3 is 12.1 Å². The number of amides is 1. The standard InChI is InChI=1S/C15H21NO6/c1-15(2,3)22-14(19)16-11-6-5-10(13(18)20-4)9-12(11)21-8-7-17/h5-6,9,17H,7-8H2,1-4H3,(H,16,19). The van der Waals surface area contributed by atoms with Gasteiger partial charge in [0.05, 0.1) is 25.0 Å². The smallest absolute Gasteiger partial charge is 0.412 e. The predicted molar refractivity (Wildman–Crippen MR) is 80.2 cm³/mol. The Morgan fingerprint density at radius 1 is 1.27 bits per heavy atom. The summed E-state index contributed by atoms with van der Waals surface area (Å²) in [7, 11) is 1.27. The maximum atomic E-state index is 11.8. The lowest BCUT2D eigenvalue weighted by molar-refractivity contribution is 0.0598. The van der Waals surface area contributed by atoms with Gasteiger partial charge < -0.3 is 19.3 Å². The van der Waals surface area contributed by atoms with Gasteiger partial charge in [0.15, 0.2) is 0 Å². The average Bonchev–Trinajstić information content (AvgIpc) is 2.43. The van der Waals surface area contributed by atoms with E-state index in [-0.39, 0.29) is 24.5 Å². The molecule has 122 valence electrons. The van der Waals surface area contributed by atoms with Gasteiger partial charge in [0, 0.05) is 0 Å². The third-order valence-electron chi connectivity index (χ3n) is 2.39. The van der Waals surface area contributed by atoms with Crippen LogP contribution in [-0.4, -0.2) is 43.1 Å². The zero-order valence-corrected chi connectivity index (χ0v) is 13.1. The van der Waals surface area contributed by atoms with Crippen molar-refractivity contribution in [3.05, 3.63) is 23.8 Å². The van der Waals surface area contributed by atoms with Crippen LogP contribution in [0, 0.1) is 0 Å². The summed E-state index contributed by atoms with van der Waals surface area (Å²) in [5, 5.41) is 11.4. The Kier molecular flexibility index (Phi) is 6.18. The zero-order chi connectivity index (χ0) is 16.8. The lowest BCUT2D eigenvalue weighted by Crippen LogP contribution is -2.27. The quantitative estimate of drug-likeness (QED) is 0.810. The summed E-state index contributed by atoms with van der Waals surface area (Å²) in [6.07, 6.45) is -0.646. The number of rotatable bonds is 5. The maximum absolute atomic E-state index is 11.8. The molecule has 0 aliphatic rings. The molecule has 1 aromatic carbocycles. The Morgan fingerprint density at radius 3 is 2.50 bits per heavy atom. The van der Waals surface area contributed by atoms with E-state index in [1.807, 2.05) is 0 Å². The van der Waals surface area contributed by atoms with E-state index in [1.54, 1.807) is 20.8 Å². The van der Waals surface area contributed by atoms with Crippen LogP contribution in [0.15, 0.2) is 18.2 Å². The van der Waals surface area contributed by atoms with Crippen molar-refractivity contribution >= 4 is 17.7 Å². The summed E-state index contributed by atoms with van der Waals surface area (Å²) in [6.45, 7) is 5.06. The van der Waals surface area contributed by atoms with E-state index in [9.17, 15) is 9.59 Å². The number of hydrogen-bond donors (Lipinski definition) is 2. The minimum absolute atomic E-state index is 0.0215. The fraction of sp³-hybridized carbons (Fsp3) is 0.467. The zero-order valence-electron chi connectivity index (χ0n) is 13.1. The molecule has 0 aliphatic carbocycles.